The maximum atomic E-state index is 5.98. The van der Waals surface area contributed by atoms with Gasteiger partial charge in [0, 0.05) is 5.25 Å². The molecule has 2 atom stereocenters. The molecule has 2 heteroatoms. The van der Waals surface area contributed by atoms with Gasteiger partial charge in [0.1, 0.15) is 0 Å². The summed E-state index contributed by atoms with van der Waals surface area (Å²) in [4.78, 5) is 1.38. The molecule has 0 nitrogen and oxygen atoms in total. The third-order valence-electron chi connectivity index (χ3n) is 1.49. The topological polar surface area (TPSA) is 0 Å². The lowest BCUT2D eigenvalue weighted by Gasteiger charge is -2.07. The minimum absolute atomic E-state index is 0.278. The highest BCUT2D eigenvalue weighted by atomic mass is 35.5. The van der Waals surface area contributed by atoms with Crippen LogP contribution in [0.25, 0.3) is 0 Å². The molecule has 52 valence electrons. The van der Waals surface area contributed by atoms with Gasteiger partial charge in [-0.2, -0.15) is 0 Å². The van der Waals surface area contributed by atoms with Crippen molar-refractivity contribution in [3.8, 4) is 0 Å². The first-order valence-electron chi connectivity index (χ1n) is 3.23. The second-order valence-electron chi connectivity index (χ2n) is 2.29. The fraction of sp³-hybridized carbons (Fsp3) is 0.714. The summed E-state index contributed by atoms with van der Waals surface area (Å²) in [6.07, 6.45) is 3.31. The van der Waals surface area contributed by atoms with Crippen molar-refractivity contribution in [3.05, 3.63) is 11.0 Å². The van der Waals surface area contributed by atoms with Crippen molar-refractivity contribution in [2.24, 2.45) is 0 Å². The predicted molar refractivity (Wildman–Crippen MR) is 45.1 cm³/mol. The molecular weight excluding hydrogens is 152 g/mol. The molecule has 0 amide bonds. The molecule has 0 radical (unpaired) electrons. The Balaban J connectivity index is 2.49. The Morgan fingerprint density at radius 2 is 2.44 bits per heavy atom. The lowest BCUT2D eigenvalue weighted by Crippen LogP contribution is -2.08. The van der Waals surface area contributed by atoms with Crippen LogP contribution < -0.4 is 0 Å². The summed E-state index contributed by atoms with van der Waals surface area (Å²) >= 11 is 7.88. The van der Waals surface area contributed by atoms with Gasteiger partial charge in [0.15, 0.2) is 0 Å². The van der Waals surface area contributed by atoms with E-state index in [1.54, 1.807) is 0 Å². The van der Waals surface area contributed by atoms with E-state index in [1.807, 2.05) is 11.8 Å². The van der Waals surface area contributed by atoms with E-state index in [9.17, 15) is 0 Å². The van der Waals surface area contributed by atoms with Crippen molar-refractivity contribution in [2.75, 3.05) is 0 Å². The Kier molecular flexibility index (Phi) is 2.48. The zero-order chi connectivity index (χ0) is 6.85. The van der Waals surface area contributed by atoms with E-state index in [2.05, 4.69) is 19.9 Å². The van der Waals surface area contributed by atoms with Crippen LogP contribution in [-0.2, 0) is 0 Å². The zero-order valence-corrected chi connectivity index (χ0v) is 7.30. The van der Waals surface area contributed by atoms with E-state index in [1.165, 1.54) is 11.3 Å². The number of alkyl halides is 1. The summed E-state index contributed by atoms with van der Waals surface area (Å²) in [5.41, 5.74) is 0. The van der Waals surface area contributed by atoms with Crippen LogP contribution in [0.1, 0.15) is 20.3 Å². The summed E-state index contributed by atoms with van der Waals surface area (Å²) in [7, 11) is 0. The molecule has 0 spiro atoms. The average Bonchev–Trinajstić information content (AvgIpc) is 2.10. The first kappa shape index (κ1) is 7.49. The Labute approximate surface area is 65.7 Å². The molecular formula is C7H11ClS. The van der Waals surface area contributed by atoms with Crippen LogP contribution in [0.3, 0.4) is 0 Å². The minimum atomic E-state index is 0.278. The van der Waals surface area contributed by atoms with Crippen LogP contribution in [0.5, 0.6) is 0 Å². The van der Waals surface area contributed by atoms with Crippen LogP contribution in [0, 0.1) is 0 Å². The highest BCUT2D eigenvalue weighted by molar-refractivity contribution is 8.04. The number of allylic oxidation sites excluding steroid dienone is 2. The molecule has 0 N–H and O–H groups in total. The number of rotatable bonds is 1. The molecule has 0 aliphatic carbocycles. The fourth-order valence-electron chi connectivity index (χ4n) is 0.983. The van der Waals surface area contributed by atoms with Gasteiger partial charge >= 0.3 is 0 Å². The van der Waals surface area contributed by atoms with Crippen LogP contribution in [0.4, 0.5) is 0 Å². The van der Waals surface area contributed by atoms with Crippen LogP contribution in [-0.4, -0.2) is 10.6 Å². The fourth-order valence-corrected chi connectivity index (χ4v) is 2.66. The van der Waals surface area contributed by atoms with Gasteiger partial charge < -0.3 is 0 Å². The molecule has 0 aromatic heterocycles. The maximum absolute atomic E-state index is 5.98. The summed E-state index contributed by atoms with van der Waals surface area (Å²) in [5.74, 6) is 0. The second kappa shape index (κ2) is 2.98. The highest BCUT2D eigenvalue weighted by Gasteiger charge is 2.22. The lowest BCUT2D eigenvalue weighted by atomic mass is 10.2. The molecule has 1 unspecified atom stereocenters. The first-order valence-corrected chi connectivity index (χ1v) is 4.54. The summed E-state index contributed by atoms with van der Waals surface area (Å²) in [6.45, 7) is 4.30. The quantitative estimate of drug-likeness (QED) is 0.535. The van der Waals surface area contributed by atoms with E-state index >= 15 is 0 Å². The van der Waals surface area contributed by atoms with Crippen LogP contribution in [0.2, 0.25) is 0 Å². The molecule has 1 aliphatic rings. The molecule has 0 saturated heterocycles. The molecule has 0 bridgehead atoms. The Bertz CT molecular complexity index is 131. The van der Waals surface area contributed by atoms with Crippen molar-refractivity contribution in [1.29, 1.82) is 0 Å². The molecule has 1 heterocycles. The van der Waals surface area contributed by atoms with E-state index in [0.717, 1.165) is 0 Å². The van der Waals surface area contributed by atoms with Gasteiger partial charge in [-0.25, -0.2) is 0 Å². The van der Waals surface area contributed by atoms with Crippen LogP contribution >= 0.6 is 23.4 Å². The Hall–Kier alpha value is 0.380. The highest BCUT2D eigenvalue weighted by Crippen LogP contribution is 2.36. The van der Waals surface area contributed by atoms with Crippen molar-refractivity contribution in [2.45, 2.75) is 30.9 Å². The van der Waals surface area contributed by atoms with E-state index in [-0.39, 0.29) is 5.38 Å². The van der Waals surface area contributed by atoms with Crippen molar-refractivity contribution in [3.63, 3.8) is 0 Å². The van der Waals surface area contributed by atoms with Gasteiger partial charge in [0.05, 0.1) is 5.38 Å². The SMILES string of the molecule is CCC1SC(C)=C[C@@H]1Cl. The molecule has 1 rings (SSSR count). The smallest absolute Gasteiger partial charge is 0.0648 e. The summed E-state index contributed by atoms with van der Waals surface area (Å²) < 4.78 is 0. The van der Waals surface area contributed by atoms with Crippen molar-refractivity contribution in [1.82, 2.24) is 0 Å². The number of halogens is 1. The zero-order valence-electron chi connectivity index (χ0n) is 5.73. The predicted octanol–water partition coefficient (Wildman–Crippen LogP) is 3.02. The molecule has 0 aromatic carbocycles. The second-order valence-corrected chi connectivity index (χ2v) is 4.28. The van der Waals surface area contributed by atoms with Gasteiger partial charge in [-0.15, -0.1) is 23.4 Å². The monoisotopic (exact) mass is 162 g/mol. The minimum Gasteiger partial charge on any atom is -0.126 e. The van der Waals surface area contributed by atoms with Gasteiger partial charge in [0.2, 0.25) is 0 Å². The molecule has 9 heavy (non-hydrogen) atoms. The third kappa shape index (κ3) is 1.65. The molecule has 0 aromatic rings. The van der Waals surface area contributed by atoms with Gasteiger partial charge in [-0.05, 0) is 18.2 Å². The normalized spacial score (nSPS) is 34.8. The van der Waals surface area contributed by atoms with E-state index in [0.29, 0.717) is 5.25 Å². The van der Waals surface area contributed by atoms with E-state index < -0.39 is 0 Å². The van der Waals surface area contributed by atoms with Crippen molar-refractivity contribution >= 4 is 23.4 Å². The molecule has 1 aliphatic heterocycles. The first-order chi connectivity index (χ1) is 4.24. The van der Waals surface area contributed by atoms with E-state index in [4.69, 9.17) is 11.6 Å². The largest absolute Gasteiger partial charge is 0.126 e. The van der Waals surface area contributed by atoms with Crippen molar-refractivity contribution < 1.29 is 0 Å². The maximum Gasteiger partial charge on any atom is 0.0648 e. The summed E-state index contributed by atoms with van der Waals surface area (Å²) in [6, 6.07) is 0. The number of thioether (sulfide) groups is 1. The molecule has 0 saturated carbocycles. The number of hydrogen-bond donors (Lipinski definition) is 0. The number of hydrogen-bond acceptors (Lipinski definition) is 1. The van der Waals surface area contributed by atoms with Gasteiger partial charge in [0.25, 0.3) is 0 Å². The lowest BCUT2D eigenvalue weighted by molar-refractivity contribution is 0.854. The Morgan fingerprint density at radius 1 is 1.78 bits per heavy atom. The molecule has 0 fully saturated rings. The van der Waals surface area contributed by atoms with Gasteiger partial charge in [-0.1, -0.05) is 13.0 Å². The van der Waals surface area contributed by atoms with Gasteiger partial charge in [-0.3, -0.25) is 0 Å². The van der Waals surface area contributed by atoms with Crippen LogP contribution in [0.15, 0.2) is 11.0 Å². The Morgan fingerprint density at radius 3 is 2.67 bits per heavy atom. The standard InChI is InChI=1S/C7H11ClS/c1-3-7-6(8)4-5(2)9-7/h4,6-7H,3H2,1-2H3/t6-,7?/m0/s1. The third-order valence-corrected chi connectivity index (χ3v) is 3.51. The summed E-state index contributed by atoms with van der Waals surface area (Å²) in [5, 5.41) is 0.909. The average molecular weight is 163 g/mol.